The topological polar surface area (TPSA) is 27.1 Å². The molecule has 0 spiro atoms. The number of halogens is 2. The zero-order chi connectivity index (χ0) is 14.8. The van der Waals surface area contributed by atoms with Gasteiger partial charge in [-0.05, 0) is 72.0 Å². The summed E-state index contributed by atoms with van der Waals surface area (Å²) in [5.41, 5.74) is 3.07. The second-order valence-corrected chi connectivity index (χ2v) is 6.07. The smallest absolute Gasteiger partial charge is 0.129 e. The van der Waals surface area contributed by atoms with E-state index in [2.05, 4.69) is 50.3 Å². The third-order valence-electron chi connectivity index (χ3n) is 3.21. The third kappa shape index (κ3) is 2.87. The van der Waals surface area contributed by atoms with E-state index in [4.69, 9.17) is 16.3 Å². The lowest BCUT2D eigenvalue weighted by molar-refractivity contribution is 0.340. The fraction of sp³-hybridized carbons (Fsp3) is 0.188. The SMILES string of the molecule is CCOc1ccc(-n2c(CCl)nc3cc(I)ccc32)cc1. The highest BCUT2D eigenvalue weighted by atomic mass is 127. The van der Waals surface area contributed by atoms with Gasteiger partial charge in [0.15, 0.2) is 0 Å². The highest BCUT2D eigenvalue weighted by molar-refractivity contribution is 14.1. The van der Waals surface area contributed by atoms with Crippen LogP contribution in [0.4, 0.5) is 0 Å². The largest absolute Gasteiger partial charge is 0.494 e. The Kier molecular flexibility index (Phi) is 4.35. The molecule has 108 valence electrons. The lowest BCUT2D eigenvalue weighted by atomic mass is 10.2. The number of benzene rings is 2. The molecule has 0 unspecified atom stereocenters. The molecule has 0 fully saturated rings. The fourth-order valence-corrected chi connectivity index (χ4v) is 2.99. The van der Waals surface area contributed by atoms with Crippen molar-refractivity contribution in [3.63, 3.8) is 0 Å². The van der Waals surface area contributed by atoms with E-state index < -0.39 is 0 Å². The predicted molar refractivity (Wildman–Crippen MR) is 94.5 cm³/mol. The lowest BCUT2D eigenvalue weighted by Gasteiger charge is -2.09. The van der Waals surface area contributed by atoms with Crippen molar-refractivity contribution in [3.8, 4) is 11.4 Å². The standard InChI is InChI=1S/C16H14ClIN2O/c1-2-21-13-6-4-12(5-7-13)20-15-8-3-11(18)9-14(15)19-16(20)10-17/h3-9H,2,10H2,1H3. The Morgan fingerprint density at radius 2 is 1.95 bits per heavy atom. The summed E-state index contributed by atoms with van der Waals surface area (Å²) >= 11 is 8.35. The first-order valence-electron chi connectivity index (χ1n) is 6.69. The van der Waals surface area contributed by atoms with Crippen LogP contribution in [0, 0.1) is 3.57 Å². The van der Waals surface area contributed by atoms with Crippen molar-refractivity contribution in [1.82, 2.24) is 9.55 Å². The molecule has 0 saturated carbocycles. The van der Waals surface area contributed by atoms with E-state index in [-0.39, 0.29) is 0 Å². The van der Waals surface area contributed by atoms with Crippen LogP contribution in [0.1, 0.15) is 12.7 Å². The summed E-state index contributed by atoms with van der Waals surface area (Å²) in [5, 5.41) is 0. The van der Waals surface area contributed by atoms with Gasteiger partial charge in [-0.2, -0.15) is 0 Å². The van der Waals surface area contributed by atoms with Crippen molar-refractivity contribution in [3.05, 3.63) is 51.9 Å². The third-order valence-corrected chi connectivity index (χ3v) is 4.12. The van der Waals surface area contributed by atoms with Gasteiger partial charge in [0.05, 0.1) is 23.5 Å². The van der Waals surface area contributed by atoms with Gasteiger partial charge in [-0.3, -0.25) is 4.57 Å². The van der Waals surface area contributed by atoms with Crippen LogP contribution in [-0.4, -0.2) is 16.2 Å². The van der Waals surface area contributed by atoms with E-state index in [1.54, 1.807) is 0 Å². The predicted octanol–water partition coefficient (Wildman–Crippen LogP) is 4.77. The number of aromatic nitrogens is 2. The van der Waals surface area contributed by atoms with E-state index in [0.717, 1.165) is 31.9 Å². The molecule has 3 aromatic rings. The van der Waals surface area contributed by atoms with E-state index in [9.17, 15) is 0 Å². The highest BCUT2D eigenvalue weighted by Crippen LogP contribution is 2.25. The Morgan fingerprint density at radius 1 is 1.19 bits per heavy atom. The summed E-state index contributed by atoms with van der Waals surface area (Å²) in [5.74, 6) is 2.09. The van der Waals surface area contributed by atoms with E-state index >= 15 is 0 Å². The van der Waals surface area contributed by atoms with Crippen molar-refractivity contribution < 1.29 is 4.74 Å². The molecular weight excluding hydrogens is 399 g/mol. The molecule has 0 aliphatic heterocycles. The van der Waals surface area contributed by atoms with Gasteiger partial charge in [-0.25, -0.2) is 4.98 Å². The summed E-state index contributed by atoms with van der Waals surface area (Å²) in [6.07, 6.45) is 0. The number of alkyl halides is 1. The summed E-state index contributed by atoms with van der Waals surface area (Å²) in [6, 6.07) is 14.2. The minimum absolute atomic E-state index is 0.373. The maximum absolute atomic E-state index is 6.06. The number of ether oxygens (including phenoxy) is 1. The van der Waals surface area contributed by atoms with Crippen molar-refractivity contribution in [2.45, 2.75) is 12.8 Å². The minimum atomic E-state index is 0.373. The molecule has 0 bridgehead atoms. The van der Waals surface area contributed by atoms with Gasteiger partial charge < -0.3 is 4.74 Å². The first kappa shape index (κ1) is 14.7. The molecule has 5 heteroatoms. The van der Waals surface area contributed by atoms with Gasteiger partial charge in [0.2, 0.25) is 0 Å². The van der Waals surface area contributed by atoms with E-state index in [0.29, 0.717) is 12.5 Å². The van der Waals surface area contributed by atoms with Crippen molar-refractivity contribution in [2.24, 2.45) is 0 Å². The van der Waals surface area contributed by atoms with Gasteiger partial charge in [0.1, 0.15) is 11.6 Å². The molecule has 0 atom stereocenters. The van der Waals surface area contributed by atoms with Crippen molar-refractivity contribution >= 4 is 45.2 Å². The van der Waals surface area contributed by atoms with Crippen LogP contribution >= 0.6 is 34.2 Å². The van der Waals surface area contributed by atoms with Gasteiger partial charge in [0.25, 0.3) is 0 Å². The molecule has 3 nitrogen and oxygen atoms in total. The summed E-state index contributed by atoms with van der Waals surface area (Å²) in [6.45, 7) is 2.64. The van der Waals surface area contributed by atoms with Crippen LogP contribution < -0.4 is 4.74 Å². The molecule has 0 amide bonds. The number of hydrogen-bond acceptors (Lipinski definition) is 2. The van der Waals surface area contributed by atoms with E-state index in [1.807, 2.05) is 31.2 Å². The molecule has 1 aromatic heterocycles. The van der Waals surface area contributed by atoms with Gasteiger partial charge in [-0.1, -0.05) is 0 Å². The molecule has 0 aliphatic carbocycles. The van der Waals surface area contributed by atoms with Crippen molar-refractivity contribution in [2.75, 3.05) is 6.61 Å². The van der Waals surface area contributed by atoms with Crippen LogP contribution in [0.2, 0.25) is 0 Å². The Labute approximate surface area is 142 Å². The van der Waals surface area contributed by atoms with Crippen LogP contribution in [0.25, 0.3) is 16.7 Å². The summed E-state index contributed by atoms with van der Waals surface area (Å²) in [7, 11) is 0. The zero-order valence-corrected chi connectivity index (χ0v) is 14.4. The molecule has 0 radical (unpaired) electrons. The molecule has 0 saturated heterocycles. The molecule has 3 rings (SSSR count). The Hall–Kier alpha value is -1.27. The highest BCUT2D eigenvalue weighted by Gasteiger charge is 2.12. The number of rotatable bonds is 4. The van der Waals surface area contributed by atoms with Gasteiger partial charge in [-0.15, -0.1) is 11.6 Å². The Morgan fingerprint density at radius 3 is 2.62 bits per heavy atom. The molecular formula is C16H14ClIN2O. The lowest BCUT2D eigenvalue weighted by Crippen LogP contribution is -1.99. The number of imidazole rings is 1. The quantitative estimate of drug-likeness (QED) is 0.456. The van der Waals surface area contributed by atoms with Gasteiger partial charge in [0, 0.05) is 9.26 Å². The van der Waals surface area contributed by atoms with Crippen LogP contribution in [0.5, 0.6) is 5.75 Å². The van der Waals surface area contributed by atoms with Crippen LogP contribution in [-0.2, 0) is 5.88 Å². The first-order valence-corrected chi connectivity index (χ1v) is 8.30. The molecule has 21 heavy (non-hydrogen) atoms. The number of nitrogens with zero attached hydrogens (tertiary/aromatic N) is 2. The maximum atomic E-state index is 6.06. The second-order valence-electron chi connectivity index (χ2n) is 4.56. The van der Waals surface area contributed by atoms with Crippen LogP contribution in [0.15, 0.2) is 42.5 Å². The van der Waals surface area contributed by atoms with E-state index in [1.165, 1.54) is 0 Å². The summed E-state index contributed by atoms with van der Waals surface area (Å²) < 4.78 is 8.74. The number of fused-ring (bicyclic) bond motifs is 1. The normalized spacial score (nSPS) is 11.0. The molecule has 0 N–H and O–H groups in total. The summed E-state index contributed by atoms with van der Waals surface area (Å²) in [4.78, 5) is 4.62. The van der Waals surface area contributed by atoms with Crippen molar-refractivity contribution in [1.29, 1.82) is 0 Å². The maximum Gasteiger partial charge on any atom is 0.129 e. The Balaban J connectivity index is 2.13. The molecule has 1 heterocycles. The average Bonchev–Trinajstić information content (AvgIpc) is 2.86. The minimum Gasteiger partial charge on any atom is -0.494 e. The average molecular weight is 413 g/mol. The van der Waals surface area contributed by atoms with Gasteiger partial charge >= 0.3 is 0 Å². The molecule has 2 aromatic carbocycles. The second kappa shape index (κ2) is 6.23. The number of hydrogen-bond donors (Lipinski definition) is 0. The van der Waals surface area contributed by atoms with Crippen LogP contribution in [0.3, 0.4) is 0 Å². The first-order chi connectivity index (χ1) is 10.2. The zero-order valence-electron chi connectivity index (χ0n) is 11.5. The molecule has 0 aliphatic rings. The monoisotopic (exact) mass is 412 g/mol. The fourth-order valence-electron chi connectivity index (χ4n) is 2.34. The Bertz CT molecular complexity index is 768.